The zero-order valence-electron chi connectivity index (χ0n) is 19.6. The monoisotopic (exact) mass is 541 g/mol. The molecule has 1 aromatic heterocycles. The molecule has 2 N–H and O–H groups in total. The van der Waals surface area contributed by atoms with Crippen LogP contribution in [0.5, 0.6) is 11.5 Å². The van der Waals surface area contributed by atoms with E-state index < -0.39 is 40.8 Å². The number of rotatable bonds is 9. The van der Waals surface area contributed by atoms with Crippen molar-refractivity contribution in [1.82, 2.24) is 15.3 Å². The van der Waals surface area contributed by atoms with Crippen LogP contribution in [0.1, 0.15) is 13.3 Å². The molecule has 0 unspecified atom stereocenters. The molecule has 1 fully saturated rings. The van der Waals surface area contributed by atoms with Crippen LogP contribution in [-0.4, -0.2) is 57.5 Å². The fraction of sp³-hybridized carbons (Fsp3) is 0.348. The summed E-state index contributed by atoms with van der Waals surface area (Å²) in [5.74, 6) is -0.137. The molecule has 37 heavy (non-hydrogen) atoms. The molecule has 2 heterocycles. The summed E-state index contributed by atoms with van der Waals surface area (Å²) in [5.41, 5.74) is 1.10. The SMILES string of the molecule is CCOc1cc(N=S2(=O)CCC2)cc2ncnc(Nc3ccc(F)cc3OCC(=O)NCC(F)(F)F)c12. The summed E-state index contributed by atoms with van der Waals surface area (Å²) in [6.45, 7) is -0.193. The quantitative estimate of drug-likeness (QED) is 0.384. The molecule has 0 aliphatic carbocycles. The lowest BCUT2D eigenvalue weighted by Crippen LogP contribution is -2.36. The molecule has 2 aromatic carbocycles. The van der Waals surface area contributed by atoms with Gasteiger partial charge >= 0.3 is 6.18 Å². The summed E-state index contributed by atoms with van der Waals surface area (Å²) >= 11 is 0. The van der Waals surface area contributed by atoms with Crippen LogP contribution < -0.4 is 20.1 Å². The second-order valence-electron chi connectivity index (χ2n) is 8.07. The Morgan fingerprint density at radius 1 is 1.14 bits per heavy atom. The van der Waals surface area contributed by atoms with Crippen molar-refractivity contribution >= 4 is 43.7 Å². The summed E-state index contributed by atoms with van der Waals surface area (Å²) in [4.78, 5) is 20.3. The first-order valence-electron chi connectivity index (χ1n) is 11.2. The van der Waals surface area contributed by atoms with E-state index in [-0.39, 0.29) is 17.3 Å². The molecule has 9 nitrogen and oxygen atoms in total. The van der Waals surface area contributed by atoms with Gasteiger partial charge in [0.2, 0.25) is 0 Å². The number of hydrogen-bond donors (Lipinski definition) is 2. The summed E-state index contributed by atoms with van der Waals surface area (Å²) in [7, 11) is -2.27. The van der Waals surface area contributed by atoms with Crippen LogP contribution in [0.2, 0.25) is 0 Å². The number of carbonyl (C=O) groups excluding carboxylic acids is 1. The Balaban J connectivity index is 1.64. The number of halogens is 4. The van der Waals surface area contributed by atoms with Gasteiger partial charge < -0.3 is 20.1 Å². The molecule has 198 valence electrons. The Morgan fingerprint density at radius 2 is 1.92 bits per heavy atom. The van der Waals surface area contributed by atoms with E-state index in [1.54, 1.807) is 24.4 Å². The van der Waals surface area contributed by atoms with Crippen molar-refractivity contribution in [1.29, 1.82) is 0 Å². The molecule has 1 aliphatic rings. The van der Waals surface area contributed by atoms with Gasteiger partial charge in [0.1, 0.15) is 36.0 Å². The Morgan fingerprint density at radius 3 is 2.59 bits per heavy atom. The Bertz CT molecular complexity index is 1430. The second-order valence-corrected chi connectivity index (χ2v) is 10.6. The molecule has 0 radical (unpaired) electrons. The fourth-order valence-corrected chi connectivity index (χ4v) is 4.93. The van der Waals surface area contributed by atoms with E-state index in [4.69, 9.17) is 9.47 Å². The normalized spacial score (nSPS) is 14.5. The third-order valence-electron chi connectivity index (χ3n) is 5.23. The topological polar surface area (TPSA) is 115 Å². The maximum atomic E-state index is 13.9. The third-order valence-corrected chi connectivity index (χ3v) is 7.62. The van der Waals surface area contributed by atoms with Gasteiger partial charge in [-0.1, -0.05) is 0 Å². The van der Waals surface area contributed by atoms with Crippen LogP contribution >= 0.6 is 0 Å². The summed E-state index contributed by atoms with van der Waals surface area (Å²) < 4.78 is 79.0. The molecular weight excluding hydrogens is 518 g/mol. The lowest BCUT2D eigenvalue weighted by molar-refractivity contribution is -0.139. The molecule has 1 aliphatic heterocycles. The first-order chi connectivity index (χ1) is 17.5. The average Bonchev–Trinajstić information content (AvgIpc) is 2.81. The van der Waals surface area contributed by atoms with E-state index in [2.05, 4.69) is 19.6 Å². The Kier molecular flexibility index (Phi) is 7.66. The zero-order valence-corrected chi connectivity index (χ0v) is 20.4. The van der Waals surface area contributed by atoms with Crippen molar-refractivity contribution in [3.8, 4) is 11.5 Å². The highest BCUT2D eigenvalue weighted by Gasteiger charge is 2.28. The van der Waals surface area contributed by atoms with E-state index >= 15 is 0 Å². The smallest absolute Gasteiger partial charge is 0.405 e. The summed E-state index contributed by atoms with van der Waals surface area (Å²) in [5, 5.41) is 5.14. The number of benzene rings is 2. The number of aromatic nitrogens is 2. The number of amides is 1. The standard InChI is InChI=1S/C23H23F4N5O4S/c1-2-35-19-10-15(32-37(34)6-3-7-37)9-17-21(19)22(30-13-29-17)31-16-5-4-14(24)8-18(16)36-11-20(33)28-12-23(25,26)27/h4-5,8-10,13H,2-3,6-7,11-12H2,1H3,(H,28,33)(H,29,30,31). The minimum atomic E-state index is -4.58. The number of anilines is 2. The van der Waals surface area contributed by atoms with Gasteiger partial charge in [-0.3, -0.25) is 4.79 Å². The van der Waals surface area contributed by atoms with Gasteiger partial charge in [0.05, 0.1) is 38.6 Å². The second kappa shape index (κ2) is 10.7. The van der Waals surface area contributed by atoms with Gasteiger partial charge in [-0.05, 0) is 31.5 Å². The van der Waals surface area contributed by atoms with Gasteiger partial charge in [-0.15, -0.1) is 0 Å². The van der Waals surface area contributed by atoms with E-state index in [9.17, 15) is 26.6 Å². The number of alkyl halides is 3. The van der Waals surface area contributed by atoms with Crippen molar-refractivity contribution in [3.63, 3.8) is 0 Å². The summed E-state index contributed by atoms with van der Waals surface area (Å²) in [6.07, 6.45) is -2.44. The van der Waals surface area contributed by atoms with Crippen molar-refractivity contribution in [2.75, 3.05) is 36.6 Å². The molecule has 0 atom stereocenters. The van der Waals surface area contributed by atoms with Gasteiger partial charge in [0.25, 0.3) is 5.91 Å². The van der Waals surface area contributed by atoms with E-state index in [1.807, 2.05) is 0 Å². The molecule has 0 saturated carbocycles. The number of nitrogens with one attached hydrogen (secondary N) is 2. The zero-order chi connectivity index (χ0) is 26.6. The molecule has 14 heteroatoms. The maximum Gasteiger partial charge on any atom is 0.405 e. The predicted octanol–water partition coefficient (Wildman–Crippen LogP) is 4.47. The van der Waals surface area contributed by atoms with Gasteiger partial charge in [-0.25, -0.2) is 18.6 Å². The molecule has 0 spiro atoms. The first-order valence-corrected chi connectivity index (χ1v) is 13.1. The maximum absolute atomic E-state index is 13.9. The van der Waals surface area contributed by atoms with Crippen molar-refractivity contribution < 1.29 is 36.0 Å². The van der Waals surface area contributed by atoms with Crippen LogP contribution in [0.3, 0.4) is 0 Å². The van der Waals surface area contributed by atoms with Crippen molar-refractivity contribution in [2.45, 2.75) is 19.5 Å². The highest BCUT2D eigenvalue weighted by Crippen LogP contribution is 2.38. The molecule has 3 aromatic rings. The lowest BCUT2D eigenvalue weighted by atomic mass is 10.2. The Hall–Kier alpha value is -3.68. The minimum absolute atomic E-state index is 0.125. The number of carbonyl (C=O) groups is 1. The lowest BCUT2D eigenvalue weighted by Gasteiger charge is -2.19. The number of nitrogens with zero attached hydrogens (tertiary/aromatic N) is 3. The number of ether oxygens (including phenoxy) is 2. The number of hydrogen-bond acceptors (Lipinski definition) is 8. The molecule has 1 amide bonds. The highest BCUT2D eigenvalue weighted by atomic mass is 32.2. The van der Waals surface area contributed by atoms with Crippen LogP contribution in [0.4, 0.5) is 34.8 Å². The molecule has 0 bridgehead atoms. The molecule has 1 saturated heterocycles. The molecule has 4 rings (SSSR count). The van der Waals surface area contributed by atoms with Crippen LogP contribution in [0.25, 0.3) is 10.9 Å². The highest BCUT2D eigenvalue weighted by molar-refractivity contribution is 7.95. The van der Waals surface area contributed by atoms with Crippen molar-refractivity contribution in [2.24, 2.45) is 4.36 Å². The number of fused-ring (bicyclic) bond motifs is 1. The summed E-state index contributed by atoms with van der Waals surface area (Å²) in [6, 6.07) is 6.74. The van der Waals surface area contributed by atoms with Crippen LogP contribution in [0, 0.1) is 5.82 Å². The predicted molar refractivity (Wildman–Crippen MR) is 130 cm³/mol. The third kappa shape index (κ3) is 6.76. The average molecular weight is 542 g/mol. The van der Waals surface area contributed by atoms with Gasteiger partial charge in [-0.2, -0.15) is 17.5 Å². The van der Waals surface area contributed by atoms with Crippen LogP contribution in [0.15, 0.2) is 41.0 Å². The first kappa shape index (κ1) is 26.4. The van der Waals surface area contributed by atoms with E-state index in [1.165, 1.54) is 12.4 Å². The van der Waals surface area contributed by atoms with Crippen LogP contribution in [-0.2, 0) is 14.5 Å². The van der Waals surface area contributed by atoms with Gasteiger partial charge in [0, 0.05) is 23.6 Å². The fourth-order valence-electron chi connectivity index (χ4n) is 3.47. The largest absolute Gasteiger partial charge is 0.493 e. The van der Waals surface area contributed by atoms with Gasteiger partial charge in [0.15, 0.2) is 6.61 Å². The van der Waals surface area contributed by atoms with E-state index in [0.717, 1.165) is 18.6 Å². The Labute approximate surface area is 209 Å². The molecular formula is C23H23F4N5O4S. The van der Waals surface area contributed by atoms with E-state index in [0.29, 0.717) is 40.5 Å². The van der Waals surface area contributed by atoms with Crippen molar-refractivity contribution in [3.05, 3.63) is 42.5 Å². The minimum Gasteiger partial charge on any atom is -0.493 e.